The van der Waals surface area contributed by atoms with Crippen LogP contribution in [0, 0.1) is 0 Å². The van der Waals surface area contributed by atoms with Gasteiger partial charge in [0.1, 0.15) is 0 Å². The summed E-state index contributed by atoms with van der Waals surface area (Å²) in [5, 5.41) is 0. The molecule has 4 N–H and O–H groups in total. The second-order valence-electron chi connectivity index (χ2n) is 3.84. The van der Waals surface area contributed by atoms with Crippen LogP contribution in [0.2, 0.25) is 0 Å². The average Bonchev–Trinajstić information content (AvgIpc) is 2.04. The normalized spacial score (nSPS) is 24.4. The Morgan fingerprint density at radius 3 is 3.08 bits per heavy atom. The van der Waals surface area contributed by atoms with Gasteiger partial charge in [0.15, 0.2) is 0 Å². The first kappa shape index (κ1) is 10.5. The van der Waals surface area contributed by atoms with Gasteiger partial charge in [0.25, 0.3) is 0 Å². The summed E-state index contributed by atoms with van der Waals surface area (Å²) in [6, 6.07) is 0.287. The molecule has 74 valence electrons. The Bertz CT molecular complexity index is 216. The minimum Gasteiger partial charge on any atom is -0.327 e. The van der Waals surface area contributed by atoms with Crippen molar-refractivity contribution in [3.63, 3.8) is 0 Å². The molecule has 0 saturated heterocycles. The van der Waals surface area contributed by atoms with Gasteiger partial charge in [-0.25, -0.2) is 0 Å². The second kappa shape index (κ2) is 5.20. The molecule has 0 aliphatic heterocycles. The highest BCUT2D eigenvalue weighted by Crippen LogP contribution is 2.22. The highest BCUT2D eigenvalue weighted by atomic mass is 14.6. The van der Waals surface area contributed by atoms with Crippen LogP contribution in [0.5, 0.6) is 0 Å². The lowest BCUT2D eigenvalue weighted by Gasteiger charge is -2.17. The predicted molar refractivity (Wildman–Crippen MR) is 57.3 cm³/mol. The number of rotatable bonds is 3. The second-order valence-corrected chi connectivity index (χ2v) is 3.84. The molecule has 13 heavy (non-hydrogen) atoms. The molecule has 1 aliphatic rings. The van der Waals surface area contributed by atoms with Crippen molar-refractivity contribution in [2.24, 2.45) is 11.5 Å². The molecule has 0 amide bonds. The van der Waals surface area contributed by atoms with Gasteiger partial charge >= 0.3 is 0 Å². The highest BCUT2D eigenvalue weighted by molar-refractivity contribution is 5.18. The maximum atomic E-state index is 5.85. The molecule has 0 radical (unpaired) electrons. The van der Waals surface area contributed by atoms with Gasteiger partial charge in [-0.15, -0.1) is 0 Å². The third kappa shape index (κ3) is 3.75. The van der Waals surface area contributed by atoms with E-state index < -0.39 is 0 Å². The summed E-state index contributed by atoms with van der Waals surface area (Å²) in [6.07, 6.45) is 8.96. The molecule has 1 rings (SSSR count). The fraction of sp³-hybridized carbons (Fsp3) is 0.636. The van der Waals surface area contributed by atoms with Crippen molar-refractivity contribution < 1.29 is 0 Å². The zero-order valence-electron chi connectivity index (χ0n) is 8.42. The Balaban J connectivity index is 2.48. The van der Waals surface area contributed by atoms with Crippen LogP contribution in [0.1, 0.15) is 32.6 Å². The number of hydrogen-bond acceptors (Lipinski definition) is 2. The molecule has 1 unspecified atom stereocenters. The van der Waals surface area contributed by atoms with Crippen LogP contribution < -0.4 is 11.5 Å². The van der Waals surface area contributed by atoms with Gasteiger partial charge in [0.2, 0.25) is 0 Å². The summed E-state index contributed by atoms with van der Waals surface area (Å²) in [5.41, 5.74) is 14.1. The fourth-order valence-corrected chi connectivity index (χ4v) is 1.81. The largest absolute Gasteiger partial charge is 0.327 e. The molecule has 2 nitrogen and oxygen atoms in total. The van der Waals surface area contributed by atoms with Crippen LogP contribution in [0.3, 0.4) is 0 Å². The number of allylic oxidation sites excluding steroid dienone is 2. The van der Waals surface area contributed by atoms with Crippen LogP contribution >= 0.6 is 0 Å². The van der Waals surface area contributed by atoms with Crippen LogP contribution in [-0.2, 0) is 0 Å². The highest BCUT2D eigenvalue weighted by Gasteiger charge is 2.09. The van der Waals surface area contributed by atoms with Crippen molar-refractivity contribution in [2.45, 2.75) is 38.6 Å². The summed E-state index contributed by atoms with van der Waals surface area (Å²) in [4.78, 5) is 0. The molecule has 1 aliphatic carbocycles. The molecule has 0 fully saturated rings. The van der Waals surface area contributed by atoms with Crippen molar-refractivity contribution in [3.8, 4) is 0 Å². The molecular weight excluding hydrogens is 160 g/mol. The minimum absolute atomic E-state index is 0.287. The number of nitrogens with two attached hydrogens (primary N) is 2. The zero-order valence-corrected chi connectivity index (χ0v) is 8.42. The lowest BCUT2D eigenvalue weighted by atomic mass is 9.92. The zero-order chi connectivity index (χ0) is 9.68. The van der Waals surface area contributed by atoms with E-state index in [0.717, 1.165) is 12.8 Å². The van der Waals surface area contributed by atoms with Crippen molar-refractivity contribution in [1.29, 1.82) is 0 Å². The maximum Gasteiger partial charge on any atom is 0.0226 e. The van der Waals surface area contributed by atoms with Gasteiger partial charge in [-0.3, -0.25) is 0 Å². The Morgan fingerprint density at radius 1 is 1.69 bits per heavy atom. The van der Waals surface area contributed by atoms with Crippen molar-refractivity contribution in [1.82, 2.24) is 0 Å². The molecule has 0 bridgehead atoms. The molecular formula is C11H20N2. The van der Waals surface area contributed by atoms with Crippen LogP contribution in [0.25, 0.3) is 0 Å². The van der Waals surface area contributed by atoms with Gasteiger partial charge in [-0.1, -0.05) is 23.3 Å². The molecule has 0 heterocycles. The first-order chi connectivity index (χ1) is 6.22. The number of hydrogen-bond donors (Lipinski definition) is 2. The van der Waals surface area contributed by atoms with E-state index in [4.69, 9.17) is 11.5 Å². The first-order valence-corrected chi connectivity index (χ1v) is 5.03. The Kier molecular flexibility index (Phi) is 4.19. The van der Waals surface area contributed by atoms with E-state index in [9.17, 15) is 0 Å². The Hall–Kier alpha value is -0.600. The summed E-state index contributed by atoms with van der Waals surface area (Å²) in [5.74, 6) is 0. The van der Waals surface area contributed by atoms with Crippen molar-refractivity contribution >= 4 is 0 Å². The van der Waals surface area contributed by atoms with E-state index in [2.05, 4.69) is 19.1 Å². The topological polar surface area (TPSA) is 52.0 Å². The quantitative estimate of drug-likeness (QED) is 0.650. The predicted octanol–water partition coefficient (Wildman–Crippen LogP) is 1.72. The maximum absolute atomic E-state index is 5.85. The Morgan fingerprint density at radius 2 is 2.46 bits per heavy atom. The average molecular weight is 180 g/mol. The van der Waals surface area contributed by atoms with Gasteiger partial charge in [0, 0.05) is 12.6 Å². The third-order valence-corrected chi connectivity index (χ3v) is 2.46. The molecule has 0 saturated carbocycles. The van der Waals surface area contributed by atoms with Crippen molar-refractivity contribution in [3.05, 3.63) is 23.3 Å². The van der Waals surface area contributed by atoms with E-state index in [1.165, 1.54) is 24.0 Å². The minimum atomic E-state index is 0.287. The van der Waals surface area contributed by atoms with E-state index in [-0.39, 0.29) is 6.04 Å². The monoisotopic (exact) mass is 180 g/mol. The van der Waals surface area contributed by atoms with Gasteiger partial charge in [-0.05, 0) is 32.6 Å². The molecule has 0 spiro atoms. The smallest absolute Gasteiger partial charge is 0.0226 e. The van der Waals surface area contributed by atoms with Crippen LogP contribution in [0.15, 0.2) is 23.3 Å². The standard InChI is InChI=1S/C11H20N2/c1-9(5-6-12)7-10-3-2-4-11(13)8-10/h5,8,11H,2-4,6-7,12-13H2,1H3/b9-5+. The molecule has 0 aromatic heterocycles. The third-order valence-electron chi connectivity index (χ3n) is 2.46. The lowest BCUT2D eigenvalue weighted by molar-refractivity contribution is 0.617. The van der Waals surface area contributed by atoms with Crippen LogP contribution in [-0.4, -0.2) is 12.6 Å². The molecule has 2 heteroatoms. The van der Waals surface area contributed by atoms with E-state index >= 15 is 0 Å². The molecule has 0 aromatic rings. The van der Waals surface area contributed by atoms with E-state index in [1.54, 1.807) is 0 Å². The van der Waals surface area contributed by atoms with Gasteiger partial charge in [-0.2, -0.15) is 0 Å². The summed E-state index contributed by atoms with van der Waals surface area (Å²) in [7, 11) is 0. The van der Waals surface area contributed by atoms with Crippen LogP contribution in [0.4, 0.5) is 0 Å². The van der Waals surface area contributed by atoms with E-state index in [0.29, 0.717) is 6.54 Å². The first-order valence-electron chi connectivity index (χ1n) is 5.03. The molecule has 0 aromatic carbocycles. The summed E-state index contributed by atoms with van der Waals surface area (Å²) >= 11 is 0. The summed E-state index contributed by atoms with van der Waals surface area (Å²) in [6.45, 7) is 2.78. The molecule has 1 atom stereocenters. The fourth-order valence-electron chi connectivity index (χ4n) is 1.81. The SMILES string of the molecule is C/C(=C\CN)CC1=CC(N)CCC1. The summed E-state index contributed by atoms with van der Waals surface area (Å²) < 4.78 is 0. The van der Waals surface area contributed by atoms with E-state index in [1.807, 2.05) is 0 Å². The Labute approximate surface area is 80.7 Å². The van der Waals surface area contributed by atoms with Gasteiger partial charge in [0.05, 0.1) is 0 Å². The lowest BCUT2D eigenvalue weighted by Crippen LogP contribution is -2.20. The van der Waals surface area contributed by atoms with Gasteiger partial charge < -0.3 is 11.5 Å². The van der Waals surface area contributed by atoms with Crippen molar-refractivity contribution in [2.75, 3.05) is 6.54 Å².